The minimum atomic E-state index is -0.174. The predicted molar refractivity (Wildman–Crippen MR) is 98.8 cm³/mol. The number of anilines is 1. The Kier molecular flexibility index (Phi) is 4.60. The van der Waals surface area contributed by atoms with Gasteiger partial charge in [0.1, 0.15) is 5.75 Å². The number of ether oxygens (including phenoxy) is 1. The number of amides is 2. The lowest BCUT2D eigenvalue weighted by atomic mass is 9.95. The van der Waals surface area contributed by atoms with Gasteiger partial charge in [0.05, 0.1) is 6.20 Å². The molecule has 2 fully saturated rings. The fraction of sp³-hybridized carbons (Fsp3) is 0.389. The molecule has 0 aliphatic carbocycles. The van der Waals surface area contributed by atoms with Crippen LogP contribution in [0, 0.1) is 0 Å². The molecule has 7 nitrogen and oxygen atoms in total. The number of aromatic nitrogens is 1. The number of thiazole rings is 1. The second kappa shape index (κ2) is 7.05. The fourth-order valence-corrected chi connectivity index (χ4v) is 4.27. The quantitative estimate of drug-likeness (QED) is 0.750. The molecule has 2 saturated heterocycles. The molecule has 0 spiro atoms. The summed E-state index contributed by atoms with van der Waals surface area (Å²) in [5.41, 5.74) is 0.614. The van der Waals surface area contributed by atoms with Crippen molar-refractivity contribution in [1.82, 2.24) is 15.6 Å². The van der Waals surface area contributed by atoms with Crippen molar-refractivity contribution in [1.29, 1.82) is 0 Å². The monoisotopic (exact) mass is 372 g/mol. The summed E-state index contributed by atoms with van der Waals surface area (Å²) in [6.45, 7) is 1.43. The van der Waals surface area contributed by atoms with Gasteiger partial charge in [-0.2, -0.15) is 0 Å². The lowest BCUT2D eigenvalue weighted by molar-refractivity contribution is -0.114. The number of rotatable bonds is 5. The number of nitrogens with zero attached hydrogens (tertiary/aromatic N) is 1. The van der Waals surface area contributed by atoms with Crippen LogP contribution in [0.5, 0.6) is 10.8 Å². The summed E-state index contributed by atoms with van der Waals surface area (Å²) in [6.07, 6.45) is 4.92. The van der Waals surface area contributed by atoms with Crippen molar-refractivity contribution < 1.29 is 14.3 Å². The summed E-state index contributed by atoms with van der Waals surface area (Å²) >= 11 is 1.24. The van der Waals surface area contributed by atoms with Crippen molar-refractivity contribution in [2.75, 3.05) is 5.32 Å². The molecule has 2 amide bonds. The summed E-state index contributed by atoms with van der Waals surface area (Å²) in [6, 6.07) is 8.21. The molecule has 1 aromatic heterocycles. The molecule has 3 atom stereocenters. The van der Waals surface area contributed by atoms with E-state index in [9.17, 15) is 9.59 Å². The maximum Gasteiger partial charge on any atom is 0.251 e. The average molecular weight is 372 g/mol. The van der Waals surface area contributed by atoms with E-state index in [2.05, 4.69) is 20.9 Å². The van der Waals surface area contributed by atoms with E-state index in [1.807, 2.05) is 0 Å². The van der Waals surface area contributed by atoms with Gasteiger partial charge in [0.25, 0.3) is 5.91 Å². The zero-order valence-corrected chi connectivity index (χ0v) is 15.1. The SMILES string of the molecule is CC(=O)Nc1ncc(Oc2ccc(C(=O)NC3CC4CCC3N4)cc2)s1. The normalized spacial score (nSPS) is 23.7. The summed E-state index contributed by atoms with van der Waals surface area (Å²) in [5, 5.41) is 10.3. The molecule has 26 heavy (non-hydrogen) atoms. The van der Waals surface area contributed by atoms with Gasteiger partial charge in [-0.3, -0.25) is 9.59 Å². The molecule has 0 saturated carbocycles. The van der Waals surface area contributed by atoms with E-state index < -0.39 is 0 Å². The van der Waals surface area contributed by atoms with Crippen molar-refractivity contribution in [2.24, 2.45) is 0 Å². The Morgan fingerprint density at radius 2 is 2.08 bits per heavy atom. The zero-order valence-electron chi connectivity index (χ0n) is 14.3. The minimum Gasteiger partial charge on any atom is -0.445 e. The number of fused-ring (bicyclic) bond motifs is 2. The summed E-state index contributed by atoms with van der Waals surface area (Å²) < 4.78 is 5.71. The first-order valence-corrected chi connectivity index (χ1v) is 9.47. The number of benzene rings is 1. The van der Waals surface area contributed by atoms with Crippen molar-refractivity contribution in [3.8, 4) is 10.8 Å². The topological polar surface area (TPSA) is 92.3 Å². The third kappa shape index (κ3) is 3.71. The largest absolute Gasteiger partial charge is 0.445 e. The molecule has 3 N–H and O–H groups in total. The molecule has 0 radical (unpaired) electrons. The van der Waals surface area contributed by atoms with Gasteiger partial charge >= 0.3 is 0 Å². The number of nitrogens with one attached hydrogen (secondary N) is 3. The van der Waals surface area contributed by atoms with Gasteiger partial charge in [-0.05, 0) is 43.5 Å². The molecule has 3 unspecified atom stereocenters. The lowest BCUT2D eigenvalue weighted by Crippen LogP contribution is -2.42. The Morgan fingerprint density at radius 3 is 2.73 bits per heavy atom. The van der Waals surface area contributed by atoms with Gasteiger partial charge in [-0.25, -0.2) is 4.98 Å². The lowest BCUT2D eigenvalue weighted by Gasteiger charge is -2.21. The Labute approximate surface area is 155 Å². The van der Waals surface area contributed by atoms with Crippen molar-refractivity contribution >= 4 is 28.3 Å². The Hall–Kier alpha value is -2.45. The highest BCUT2D eigenvalue weighted by Crippen LogP contribution is 2.31. The van der Waals surface area contributed by atoms with Crippen LogP contribution in [0.15, 0.2) is 30.5 Å². The van der Waals surface area contributed by atoms with Crippen LogP contribution in [0.1, 0.15) is 36.5 Å². The van der Waals surface area contributed by atoms with Crippen LogP contribution in [0.3, 0.4) is 0 Å². The van der Waals surface area contributed by atoms with Gasteiger partial charge in [-0.1, -0.05) is 11.3 Å². The molecular weight excluding hydrogens is 352 g/mol. The molecule has 2 bridgehead atoms. The smallest absolute Gasteiger partial charge is 0.251 e. The van der Waals surface area contributed by atoms with Crippen molar-refractivity contribution in [2.45, 2.75) is 44.3 Å². The molecule has 136 valence electrons. The van der Waals surface area contributed by atoms with E-state index in [0.29, 0.717) is 33.6 Å². The first kappa shape index (κ1) is 17.0. The first-order chi connectivity index (χ1) is 12.6. The van der Waals surface area contributed by atoms with Crippen LogP contribution < -0.4 is 20.7 Å². The van der Waals surface area contributed by atoms with Crippen molar-refractivity contribution in [3.63, 3.8) is 0 Å². The summed E-state index contributed by atoms with van der Waals surface area (Å²) in [7, 11) is 0. The van der Waals surface area contributed by atoms with Crippen LogP contribution >= 0.6 is 11.3 Å². The highest BCUT2D eigenvalue weighted by molar-refractivity contribution is 7.17. The third-order valence-corrected chi connectivity index (χ3v) is 5.51. The van der Waals surface area contributed by atoms with Crippen molar-refractivity contribution in [3.05, 3.63) is 36.0 Å². The Bertz CT molecular complexity index is 820. The second-order valence-corrected chi connectivity index (χ2v) is 7.65. The van der Waals surface area contributed by atoms with E-state index in [0.717, 1.165) is 12.8 Å². The van der Waals surface area contributed by atoms with E-state index in [4.69, 9.17) is 4.74 Å². The summed E-state index contributed by atoms with van der Waals surface area (Å²) in [5.74, 6) is 0.384. The first-order valence-electron chi connectivity index (χ1n) is 8.65. The highest BCUT2D eigenvalue weighted by Gasteiger charge is 2.39. The maximum atomic E-state index is 12.4. The Morgan fingerprint density at radius 1 is 1.27 bits per heavy atom. The highest BCUT2D eigenvalue weighted by atomic mass is 32.1. The fourth-order valence-electron chi connectivity index (χ4n) is 3.54. The average Bonchev–Trinajstić information content (AvgIpc) is 3.32. The van der Waals surface area contributed by atoms with Gasteiger partial charge in [0.15, 0.2) is 5.13 Å². The number of carbonyl (C=O) groups excluding carboxylic acids is 2. The molecule has 1 aromatic carbocycles. The van der Waals surface area contributed by atoms with Gasteiger partial charge in [0, 0.05) is 30.6 Å². The van der Waals surface area contributed by atoms with Crippen LogP contribution in [0.4, 0.5) is 5.13 Å². The molecule has 2 aromatic rings. The molecule has 4 rings (SSSR count). The van der Waals surface area contributed by atoms with E-state index in [1.54, 1.807) is 30.5 Å². The van der Waals surface area contributed by atoms with Crippen LogP contribution in [0.2, 0.25) is 0 Å². The Balaban J connectivity index is 1.35. The zero-order chi connectivity index (χ0) is 18.1. The van der Waals surface area contributed by atoms with Gasteiger partial charge in [-0.15, -0.1) is 0 Å². The molecule has 2 aliphatic rings. The molecule has 8 heteroatoms. The van der Waals surface area contributed by atoms with E-state index >= 15 is 0 Å². The number of hydrogen-bond donors (Lipinski definition) is 3. The standard InChI is InChI=1S/C18H20N4O3S/c1-10(23)20-18-19-9-16(26-18)25-13-5-2-11(3-6-13)17(24)22-15-8-12-4-7-14(15)21-12/h2-3,5-6,9,12,14-15,21H,4,7-8H2,1H3,(H,22,24)(H,19,20,23). The van der Waals surface area contributed by atoms with Gasteiger partial charge < -0.3 is 20.7 Å². The van der Waals surface area contributed by atoms with Crippen LogP contribution in [-0.2, 0) is 4.79 Å². The molecule has 3 heterocycles. The van der Waals surface area contributed by atoms with E-state index in [1.165, 1.54) is 24.7 Å². The van der Waals surface area contributed by atoms with Crippen LogP contribution in [-0.4, -0.2) is 34.9 Å². The second-order valence-electron chi connectivity index (χ2n) is 6.66. The molecular formula is C18H20N4O3S. The minimum absolute atomic E-state index is 0.0540. The van der Waals surface area contributed by atoms with Gasteiger partial charge in [0.2, 0.25) is 11.0 Å². The van der Waals surface area contributed by atoms with E-state index in [-0.39, 0.29) is 17.9 Å². The summed E-state index contributed by atoms with van der Waals surface area (Å²) in [4.78, 5) is 27.5. The number of carbonyl (C=O) groups is 2. The third-order valence-electron chi connectivity index (χ3n) is 4.72. The number of hydrogen-bond acceptors (Lipinski definition) is 6. The maximum absolute atomic E-state index is 12.4. The van der Waals surface area contributed by atoms with Crippen LogP contribution in [0.25, 0.3) is 0 Å². The molecule has 2 aliphatic heterocycles. The predicted octanol–water partition coefficient (Wildman–Crippen LogP) is 2.52.